The van der Waals surface area contributed by atoms with Crippen LogP contribution in [0.1, 0.15) is 0 Å². The minimum atomic E-state index is -0.146. The second-order valence-corrected chi connectivity index (χ2v) is 4.53. The highest BCUT2D eigenvalue weighted by Gasteiger charge is 2.10. The van der Waals surface area contributed by atoms with E-state index in [0.717, 1.165) is 16.6 Å². The van der Waals surface area contributed by atoms with Gasteiger partial charge in [-0.2, -0.15) is 0 Å². The fraction of sp³-hybridized carbons (Fsp3) is 0.0556. The molecule has 0 fully saturated rings. The summed E-state index contributed by atoms with van der Waals surface area (Å²) in [5.41, 5.74) is 1.47. The Labute approximate surface area is 122 Å². The van der Waals surface area contributed by atoms with Gasteiger partial charge in [0.1, 0.15) is 12.4 Å². The van der Waals surface area contributed by atoms with Crippen molar-refractivity contribution in [2.24, 2.45) is 0 Å². The maximum atomic E-state index is 12.4. The predicted octanol–water partition coefficient (Wildman–Crippen LogP) is 3.00. The van der Waals surface area contributed by atoms with Gasteiger partial charge in [0.25, 0.3) is 5.56 Å². The Morgan fingerprint density at radius 3 is 2.52 bits per heavy atom. The molecule has 2 aromatic carbocycles. The zero-order valence-electron chi connectivity index (χ0n) is 11.3. The van der Waals surface area contributed by atoms with Crippen molar-refractivity contribution in [3.63, 3.8) is 0 Å². The summed E-state index contributed by atoms with van der Waals surface area (Å²) in [5.74, 6) is 2.93. The fourth-order valence-corrected chi connectivity index (χ4v) is 2.33. The largest absolute Gasteiger partial charge is 0.480 e. The van der Waals surface area contributed by atoms with Gasteiger partial charge in [0.05, 0.1) is 5.52 Å². The topological polar surface area (TPSA) is 31.2 Å². The third-order valence-corrected chi connectivity index (χ3v) is 3.21. The number of terminal acetylenes is 1. The molecule has 0 aliphatic rings. The van der Waals surface area contributed by atoms with Crippen LogP contribution in [0.3, 0.4) is 0 Å². The van der Waals surface area contributed by atoms with Crippen LogP contribution in [0.15, 0.2) is 65.5 Å². The lowest BCUT2D eigenvalue weighted by Gasteiger charge is -2.13. The third-order valence-electron chi connectivity index (χ3n) is 3.21. The van der Waals surface area contributed by atoms with E-state index < -0.39 is 0 Å². The summed E-state index contributed by atoms with van der Waals surface area (Å²) < 4.78 is 7.16. The number of ether oxygens (including phenoxy) is 1. The van der Waals surface area contributed by atoms with Crippen LogP contribution in [0.2, 0.25) is 0 Å². The molecule has 0 N–H and O–H groups in total. The van der Waals surface area contributed by atoms with Gasteiger partial charge in [-0.3, -0.25) is 9.36 Å². The Balaban J connectivity index is 2.31. The molecule has 3 rings (SSSR count). The molecule has 102 valence electrons. The molecule has 1 heterocycles. The highest BCUT2D eigenvalue weighted by Crippen LogP contribution is 2.25. The lowest BCUT2D eigenvalue weighted by atomic mass is 10.2. The van der Waals surface area contributed by atoms with Gasteiger partial charge in [0, 0.05) is 17.1 Å². The fourth-order valence-electron chi connectivity index (χ4n) is 2.33. The van der Waals surface area contributed by atoms with Gasteiger partial charge in [-0.25, -0.2) is 0 Å². The van der Waals surface area contributed by atoms with Crippen molar-refractivity contribution >= 4 is 10.9 Å². The summed E-state index contributed by atoms with van der Waals surface area (Å²) >= 11 is 0. The molecule has 0 saturated heterocycles. The molecule has 3 nitrogen and oxygen atoms in total. The Bertz CT molecular complexity index is 873. The van der Waals surface area contributed by atoms with Gasteiger partial charge in [-0.05, 0) is 24.3 Å². The number of fused-ring (bicyclic) bond motifs is 1. The van der Waals surface area contributed by atoms with Crippen LogP contribution in [0, 0.1) is 12.3 Å². The highest BCUT2D eigenvalue weighted by molar-refractivity contribution is 5.86. The summed E-state index contributed by atoms with van der Waals surface area (Å²) in [6.07, 6.45) is 5.22. The van der Waals surface area contributed by atoms with E-state index in [4.69, 9.17) is 11.2 Å². The summed E-state index contributed by atoms with van der Waals surface area (Å²) in [7, 11) is 0. The quantitative estimate of drug-likeness (QED) is 0.688. The molecule has 3 aromatic rings. The predicted molar refractivity (Wildman–Crippen MR) is 83.9 cm³/mol. The van der Waals surface area contributed by atoms with Crippen LogP contribution in [-0.4, -0.2) is 11.2 Å². The highest BCUT2D eigenvalue weighted by atomic mass is 16.5. The van der Waals surface area contributed by atoms with Gasteiger partial charge >= 0.3 is 0 Å². The first kappa shape index (κ1) is 13.0. The number of nitrogens with zero attached hydrogens (tertiary/aromatic N) is 1. The van der Waals surface area contributed by atoms with E-state index in [-0.39, 0.29) is 12.2 Å². The smallest absolute Gasteiger partial charge is 0.259 e. The van der Waals surface area contributed by atoms with Gasteiger partial charge in [-0.1, -0.05) is 36.3 Å². The summed E-state index contributed by atoms with van der Waals surface area (Å²) in [4.78, 5) is 12.4. The molecule has 0 spiro atoms. The molecule has 0 radical (unpaired) electrons. The first-order valence-electron chi connectivity index (χ1n) is 6.58. The van der Waals surface area contributed by atoms with Crippen molar-refractivity contribution in [2.75, 3.05) is 6.61 Å². The lowest BCUT2D eigenvalue weighted by Crippen LogP contribution is -2.18. The normalized spacial score (nSPS) is 10.2. The van der Waals surface area contributed by atoms with E-state index in [0.29, 0.717) is 5.75 Å². The Morgan fingerprint density at radius 2 is 1.76 bits per heavy atom. The summed E-state index contributed by atoms with van der Waals surface area (Å²) in [6.45, 7) is 0.138. The number of aromatic nitrogens is 1. The second-order valence-electron chi connectivity index (χ2n) is 4.53. The first-order chi connectivity index (χ1) is 10.3. The number of hydrogen-bond acceptors (Lipinski definition) is 2. The van der Waals surface area contributed by atoms with Crippen LogP contribution in [0.25, 0.3) is 16.6 Å². The monoisotopic (exact) mass is 275 g/mol. The maximum Gasteiger partial charge on any atom is 0.259 e. The third kappa shape index (κ3) is 2.39. The van der Waals surface area contributed by atoms with Crippen LogP contribution in [0.5, 0.6) is 5.75 Å². The standard InChI is InChI=1S/C18H13NO2/c1-2-12-21-17-13-18(20)19(14-8-4-3-5-9-14)16-11-7-6-10-15(16)17/h1,3-11,13H,12H2. The number of pyridine rings is 1. The van der Waals surface area contributed by atoms with Crippen molar-refractivity contribution in [3.8, 4) is 23.8 Å². The van der Waals surface area contributed by atoms with Gasteiger partial charge in [-0.15, -0.1) is 6.42 Å². The summed E-state index contributed by atoms with van der Waals surface area (Å²) in [5, 5.41) is 0.858. The van der Waals surface area contributed by atoms with Crippen molar-refractivity contribution < 1.29 is 4.74 Å². The van der Waals surface area contributed by atoms with Gasteiger partial charge in [0.2, 0.25) is 0 Å². The van der Waals surface area contributed by atoms with Crippen molar-refractivity contribution in [2.45, 2.75) is 0 Å². The molecule has 0 bridgehead atoms. The number of benzene rings is 2. The molecular weight excluding hydrogens is 262 g/mol. The average molecular weight is 275 g/mol. The van der Waals surface area contributed by atoms with E-state index in [9.17, 15) is 4.79 Å². The van der Waals surface area contributed by atoms with E-state index in [2.05, 4.69) is 5.92 Å². The molecule has 21 heavy (non-hydrogen) atoms. The van der Waals surface area contributed by atoms with Crippen LogP contribution in [-0.2, 0) is 0 Å². The molecule has 3 heteroatoms. The van der Waals surface area contributed by atoms with Crippen LogP contribution >= 0.6 is 0 Å². The lowest BCUT2D eigenvalue weighted by molar-refractivity contribution is 0.374. The maximum absolute atomic E-state index is 12.4. The SMILES string of the molecule is C#CCOc1cc(=O)n(-c2ccccc2)c2ccccc12. The first-order valence-corrected chi connectivity index (χ1v) is 6.58. The summed E-state index contributed by atoms with van der Waals surface area (Å²) in [6, 6.07) is 18.6. The number of hydrogen-bond donors (Lipinski definition) is 0. The number of para-hydroxylation sites is 2. The molecule has 1 aromatic heterocycles. The van der Waals surface area contributed by atoms with Crippen molar-refractivity contribution in [1.29, 1.82) is 0 Å². The molecule has 0 atom stereocenters. The Hall–Kier alpha value is -2.99. The average Bonchev–Trinajstić information content (AvgIpc) is 2.53. The van der Waals surface area contributed by atoms with E-state index >= 15 is 0 Å². The van der Waals surface area contributed by atoms with E-state index in [1.807, 2.05) is 54.6 Å². The number of rotatable bonds is 3. The van der Waals surface area contributed by atoms with E-state index in [1.165, 1.54) is 6.07 Å². The Morgan fingerprint density at radius 1 is 1.05 bits per heavy atom. The Kier molecular flexibility index (Phi) is 3.44. The minimum absolute atomic E-state index is 0.138. The van der Waals surface area contributed by atoms with Gasteiger partial charge < -0.3 is 4.74 Å². The molecule has 0 aliphatic carbocycles. The van der Waals surface area contributed by atoms with Crippen LogP contribution < -0.4 is 10.3 Å². The van der Waals surface area contributed by atoms with Crippen LogP contribution in [0.4, 0.5) is 0 Å². The van der Waals surface area contributed by atoms with Crippen molar-refractivity contribution in [3.05, 3.63) is 71.0 Å². The second kappa shape index (κ2) is 5.56. The molecule has 0 unspecified atom stereocenters. The molecule has 0 aliphatic heterocycles. The zero-order chi connectivity index (χ0) is 14.7. The zero-order valence-corrected chi connectivity index (χ0v) is 11.3. The van der Waals surface area contributed by atoms with E-state index in [1.54, 1.807) is 4.57 Å². The van der Waals surface area contributed by atoms with Gasteiger partial charge in [0.15, 0.2) is 0 Å². The molecule has 0 amide bonds. The molecular formula is C18H13NO2. The molecule has 0 saturated carbocycles. The minimum Gasteiger partial charge on any atom is -0.480 e. The van der Waals surface area contributed by atoms with Crippen molar-refractivity contribution in [1.82, 2.24) is 4.57 Å².